The first kappa shape index (κ1) is 24.6. The molecule has 1 aliphatic rings. The van der Waals surface area contributed by atoms with Gasteiger partial charge in [0.15, 0.2) is 0 Å². The molecule has 0 unspecified atom stereocenters. The molecule has 3 rings (SSSR count). The Morgan fingerprint density at radius 2 is 1.62 bits per heavy atom. The molecule has 5 heteroatoms. The third-order valence-electron chi connectivity index (χ3n) is 5.29. The summed E-state index contributed by atoms with van der Waals surface area (Å²) in [6.45, 7) is 7.10. The lowest BCUT2D eigenvalue weighted by Crippen LogP contribution is -2.02. The van der Waals surface area contributed by atoms with Crippen molar-refractivity contribution in [2.75, 3.05) is 6.61 Å². The normalized spacial score (nSPS) is 14.6. The molecule has 0 amide bonds. The van der Waals surface area contributed by atoms with Gasteiger partial charge in [0.1, 0.15) is 11.6 Å². The molecular weight excluding hydrogens is 431 g/mol. The molecule has 0 aliphatic heterocycles. The van der Waals surface area contributed by atoms with Gasteiger partial charge in [-0.3, -0.25) is 0 Å². The molecule has 0 saturated heterocycles. The van der Waals surface area contributed by atoms with Crippen molar-refractivity contribution in [2.24, 2.45) is 0 Å². The molecule has 2 aromatic rings. The van der Waals surface area contributed by atoms with Crippen molar-refractivity contribution in [3.63, 3.8) is 0 Å². The summed E-state index contributed by atoms with van der Waals surface area (Å²) in [7, 11) is 0. The molecule has 34 heavy (non-hydrogen) atoms. The molecule has 0 spiro atoms. The summed E-state index contributed by atoms with van der Waals surface area (Å²) >= 11 is 0. The van der Waals surface area contributed by atoms with E-state index in [0.717, 1.165) is 54.5 Å². The van der Waals surface area contributed by atoms with Gasteiger partial charge in [-0.25, -0.2) is 14.0 Å². The van der Waals surface area contributed by atoms with Crippen molar-refractivity contribution in [3.05, 3.63) is 109 Å². The Labute approximate surface area is 199 Å². The fraction of sp³-hybridized carbons (Fsp3) is 0.172. The molecule has 1 aliphatic carbocycles. The zero-order valence-corrected chi connectivity index (χ0v) is 19.0. The number of hydrogen-bond donors (Lipinski definition) is 0. The van der Waals surface area contributed by atoms with Crippen molar-refractivity contribution in [1.29, 1.82) is 0 Å². The Hall–Kier alpha value is -3.99. The SMILES string of the molecule is C=CC(=O)OCCCC1=CCC/C=C(\c2ccc(-c3ccc(OC(=O)C=C)cc3)c(F)c2)C=C1. The minimum Gasteiger partial charge on any atom is -0.463 e. The monoisotopic (exact) mass is 458 g/mol. The van der Waals surface area contributed by atoms with E-state index < -0.39 is 11.9 Å². The van der Waals surface area contributed by atoms with Gasteiger partial charge in [-0.2, -0.15) is 0 Å². The van der Waals surface area contributed by atoms with Crippen LogP contribution in [0.25, 0.3) is 16.7 Å². The Bertz CT molecular complexity index is 1150. The van der Waals surface area contributed by atoms with Crippen LogP contribution in [0.15, 0.2) is 97.7 Å². The third kappa shape index (κ3) is 7.01. The van der Waals surface area contributed by atoms with Gasteiger partial charge in [-0.15, -0.1) is 0 Å². The van der Waals surface area contributed by atoms with Gasteiger partial charge in [0, 0.05) is 17.7 Å². The molecule has 0 bridgehead atoms. The van der Waals surface area contributed by atoms with Crippen LogP contribution in [0.4, 0.5) is 4.39 Å². The number of halogens is 1. The zero-order chi connectivity index (χ0) is 24.3. The second kappa shape index (κ2) is 12.3. The van der Waals surface area contributed by atoms with Gasteiger partial charge in [0.25, 0.3) is 0 Å². The second-order valence-electron chi connectivity index (χ2n) is 7.67. The number of allylic oxidation sites excluding steroid dienone is 6. The average molecular weight is 459 g/mol. The van der Waals surface area contributed by atoms with E-state index in [4.69, 9.17) is 9.47 Å². The van der Waals surface area contributed by atoms with E-state index in [9.17, 15) is 9.59 Å². The Kier molecular flexibility index (Phi) is 8.92. The van der Waals surface area contributed by atoms with Crippen LogP contribution in [0.3, 0.4) is 0 Å². The molecule has 0 fully saturated rings. The van der Waals surface area contributed by atoms with E-state index >= 15 is 4.39 Å². The van der Waals surface area contributed by atoms with Crippen LogP contribution in [-0.4, -0.2) is 18.5 Å². The highest BCUT2D eigenvalue weighted by atomic mass is 19.1. The molecule has 0 saturated carbocycles. The highest BCUT2D eigenvalue weighted by Crippen LogP contribution is 2.29. The fourth-order valence-corrected chi connectivity index (χ4v) is 3.54. The van der Waals surface area contributed by atoms with Crippen molar-refractivity contribution in [1.82, 2.24) is 0 Å². The number of carbonyl (C=O) groups excluding carboxylic acids is 2. The highest BCUT2D eigenvalue weighted by molar-refractivity contribution is 5.83. The summed E-state index contributed by atoms with van der Waals surface area (Å²) in [6, 6.07) is 11.9. The first-order valence-corrected chi connectivity index (χ1v) is 11.1. The number of benzene rings is 2. The first-order chi connectivity index (χ1) is 16.5. The van der Waals surface area contributed by atoms with Crippen molar-refractivity contribution >= 4 is 17.5 Å². The predicted octanol–water partition coefficient (Wildman–Crippen LogP) is 6.75. The standard InChI is InChI=1S/C29H27FO4/c1-3-28(31)33-19-7-9-21-8-5-6-10-22(12-11-21)24-15-18-26(27(30)20-24)23-13-16-25(17-14-23)34-29(32)4-2/h3-4,8,10-18,20H,1-2,5-7,9,19H2/b12-11?,21-8?,22-10-. The largest absolute Gasteiger partial charge is 0.463 e. The fourth-order valence-electron chi connectivity index (χ4n) is 3.54. The topological polar surface area (TPSA) is 52.6 Å². The van der Waals surface area contributed by atoms with Crippen LogP contribution in [-0.2, 0) is 14.3 Å². The lowest BCUT2D eigenvalue weighted by molar-refractivity contribution is -0.137. The molecular formula is C29H27FO4. The van der Waals surface area contributed by atoms with E-state index in [0.29, 0.717) is 23.5 Å². The maximum Gasteiger partial charge on any atom is 0.335 e. The molecule has 174 valence electrons. The molecule has 2 aromatic carbocycles. The van der Waals surface area contributed by atoms with Gasteiger partial charge in [-0.05, 0) is 60.6 Å². The summed E-state index contributed by atoms with van der Waals surface area (Å²) < 4.78 is 25.1. The summed E-state index contributed by atoms with van der Waals surface area (Å²) in [5.41, 5.74) is 4.08. The van der Waals surface area contributed by atoms with Crippen LogP contribution in [0.1, 0.15) is 31.2 Å². The van der Waals surface area contributed by atoms with Gasteiger partial charge in [0.2, 0.25) is 0 Å². The summed E-state index contributed by atoms with van der Waals surface area (Å²) in [4.78, 5) is 22.5. The lowest BCUT2D eigenvalue weighted by atomic mass is 9.96. The summed E-state index contributed by atoms with van der Waals surface area (Å²) in [6.07, 6.45) is 13.8. The Morgan fingerprint density at radius 3 is 2.32 bits per heavy atom. The molecule has 4 nitrogen and oxygen atoms in total. The van der Waals surface area contributed by atoms with E-state index in [-0.39, 0.29) is 5.82 Å². The minimum absolute atomic E-state index is 0.329. The summed E-state index contributed by atoms with van der Waals surface area (Å²) in [5.74, 6) is -0.911. The number of carbonyl (C=O) groups is 2. The van der Waals surface area contributed by atoms with E-state index in [1.54, 1.807) is 30.3 Å². The third-order valence-corrected chi connectivity index (χ3v) is 5.29. The van der Waals surface area contributed by atoms with Gasteiger partial charge >= 0.3 is 11.9 Å². The van der Waals surface area contributed by atoms with Crippen LogP contribution < -0.4 is 4.74 Å². The highest BCUT2D eigenvalue weighted by Gasteiger charge is 2.10. The van der Waals surface area contributed by atoms with Gasteiger partial charge in [-0.1, -0.05) is 67.3 Å². The predicted molar refractivity (Wildman–Crippen MR) is 132 cm³/mol. The summed E-state index contributed by atoms with van der Waals surface area (Å²) in [5, 5.41) is 0. The number of rotatable bonds is 9. The maximum atomic E-state index is 15.0. The first-order valence-electron chi connectivity index (χ1n) is 11.1. The smallest absolute Gasteiger partial charge is 0.335 e. The number of hydrogen-bond acceptors (Lipinski definition) is 4. The van der Waals surface area contributed by atoms with Crippen LogP contribution in [0, 0.1) is 5.82 Å². The maximum absolute atomic E-state index is 15.0. The molecule has 0 atom stereocenters. The Morgan fingerprint density at radius 1 is 0.912 bits per heavy atom. The zero-order valence-electron chi connectivity index (χ0n) is 19.0. The number of ether oxygens (including phenoxy) is 2. The van der Waals surface area contributed by atoms with Crippen molar-refractivity contribution < 1.29 is 23.5 Å². The van der Waals surface area contributed by atoms with E-state index in [1.165, 1.54) is 6.07 Å². The van der Waals surface area contributed by atoms with Crippen LogP contribution >= 0.6 is 0 Å². The van der Waals surface area contributed by atoms with Gasteiger partial charge in [0.05, 0.1) is 6.61 Å². The number of esters is 2. The quantitative estimate of drug-likeness (QED) is 0.180. The second-order valence-corrected chi connectivity index (χ2v) is 7.67. The molecule has 0 heterocycles. The van der Waals surface area contributed by atoms with E-state index in [2.05, 4.69) is 25.3 Å². The average Bonchev–Trinajstić information content (AvgIpc) is 2.83. The Balaban J connectivity index is 1.68. The van der Waals surface area contributed by atoms with Crippen molar-refractivity contribution in [2.45, 2.75) is 25.7 Å². The molecule has 0 N–H and O–H groups in total. The minimum atomic E-state index is -0.544. The van der Waals surface area contributed by atoms with Crippen LogP contribution in [0.5, 0.6) is 5.75 Å². The van der Waals surface area contributed by atoms with Gasteiger partial charge < -0.3 is 9.47 Å². The van der Waals surface area contributed by atoms with E-state index in [1.807, 2.05) is 18.2 Å². The lowest BCUT2D eigenvalue weighted by Gasteiger charge is -2.11. The molecule has 0 aromatic heterocycles. The van der Waals surface area contributed by atoms with Crippen LogP contribution in [0.2, 0.25) is 0 Å². The molecule has 0 radical (unpaired) electrons. The van der Waals surface area contributed by atoms with Crippen molar-refractivity contribution in [3.8, 4) is 16.9 Å².